The van der Waals surface area contributed by atoms with Crippen LogP contribution in [0.15, 0.2) is 53.6 Å². The molecule has 2 rings (SSSR count). The minimum absolute atomic E-state index is 0.124. The summed E-state index contributed by atoms with van der Waals surface area (Å²) >= 11 is 6.06. The number of halogens is 1. The molecule has 0 radical (unpaired) electrons. The number of rotatable bonds is 9. The summed E-state index contributed by atoms with van der Waals surface area (Å²) in [4.78, 5) is 24.1. The maximum absolute atomic E-state index is 12.5. The summed E-state index contributed by atoms with van der Waals surface area (Å²) in [5, 5.41) is 6.38. The predicted octanol–water partition coefficient (Wildman–Crippen LogP) is 1.70. The second-order valence-electron chi connectivity index (χ2n) is 6.46. The van der Waals surface area contributed by atoms with Crippen molar-refractivity contribution >= 4 is 29.4 Å². The number of hydrazine groups is 1. The van der Waals surface area contributed by atoms with Crippen LogP contribution in [-0.4, -0.2) is 37.2 Å². The van der Waals surface area contributed by atoms with Gasteiger partial charge in [0.15, 0.2) is 0 Å². The summed E-state index contributed by atoms with van der Waals surface area (Å²) in [5.74, 6) is 9.15. The van der Waals surface area contributed by atoms with Gasteiger partial charge in [-0.2, -0.15) is 0 Å². The number of hydrogen-bond acceptors (Lipinski definition) is 7. The molecule has 6 N–H and O–H groups in total. The van der Waals surface area contributed by atoms with Crippen molar-refractivity contribution in [3.63, 3.8) is 0 Å². The number of nitrogens with two attached hydrogens (primary N) is 2. The first kappa shape index (κ1) is 24.1. The number of esters is 1. The Hall–Kier alpha value is -3.14. The monoisotopic (exact) mass is 447 g/mol. The summed E-state index contributed by atoms with van der Waals surface area (Å²) in [6.07, 6.45) is -0.103. The molecule has 0 aliphatic rings. The number of guanidine groups is 1. The van der Waals surface area contributed by atoms with Crippen LogP contribution in [0, 0.1) is 0 Å². The van der Waals surface area contributed by atoms with E-state index in [0.29, 0.717) is 17.9 Å². The molecule has 10 heteroatoms. The largest absolute Gasteiger partial charge is 0.464 e. The summed E-state index contributed by atoms with van der Waals surface area (Å²) < 4.78 is 10.3. The highest BCUT2D eigenvalue weighted by Gasteiger charge is 2.22. The first-order valence-corrected chi connectivity index (χ1v) is 10.0. The number of benzene rings is 2. The van der Waals surface area contributed by atoms with Gasteiger partial charge in [0.2, 0.25) is 5.96 Å². The van der Waals surface area contributed by atoms with Crippen molar-refractivity contribution in [2.24, 2.45) is 16.8 Å². The molecule has 0 bridgehead atoms. The van der Waals surface area contributed by atoms with E-state index in [-0.39, 0.29) is 19.2 Å². The molecule has 1 atom stereocenters. The summed E-state index contributed by atoms with van der Waals surface area (Å²) in [5.41, 5.74) is 5.19. The zero-order valence-electron chi connectivity index (χ0n) is 17.1. The molecule has 0 spiro atoms. The first-order chi connectivity index (χ1) is 15.0. The van der Waals surface area contributed by atoms with Gasteiger partial charge in [0.05, 0.1) is 6.61 Å². The highest BCUT2D eigenvalue weighted by atomic mass is 35.5. The van der Waals surface area contributed by atoms with Crippen LogP contribution in [0.25, 0.3) is 11.1 Å². The number of hydrogen-bond donors (Lipinski definition) is 4. The lowest BCUT2D eigenvalue weighted by Crippen LogP contribution is -2.49. The molecule has 2 aromatic rings. The average Bonchev–Trinajstić information content (AvgIpc) is 2.78. The van der Waals surface area contributed by atoms with Gasteiger partial charge in [-0.1, -0.05) is 48.0 Å². The Bertz CT molecular complexity index is 905. The Kier molecular flexibility index (Phi) is 9.76. The predicted molar refractivity (Wildman–Crippen MR) is 119 cm³/mol. The third kappa shape index (κ3) is 7.89. The van der Waals surface area contributed by atoms with E-state index >= 15 is 0 Å². The quantitative estimate of drug-likeness (QED) is 0.151. The molecule has 0 saturated heterocycles. The molecule has 1 amide bonds. The number of aryl methyl sites for hydroxylation is 1. The van der Waals surface area contributed by atoms with Crippen molar-refractivity contribution < 1.29 is 19.1 Å². The number of nitrogens with zero attached hydrogens (tertiary/aromatic N) is 1. The highest BCUT2D eigenvalue weighted by molar-refractivity contribution is 6.30. The van der Waals surface area contributed by atoms with Gasteiger partial charge in [-0.05, 0) is 48.6 Å². The van der Waals surface area contributed by atoms with E-state index in [1.54, 1.807) is 6.92 Å². The van der Waals surface area contributed by atoms with E-state index in [2.05, 4.69) is 15.8 Å². The number of carbonyl (C=O) groups excluding carboxylic acids is 2. The molecule has 2 aromatic carbocycles. The molecule has 9 nitrogen and oxygen atoms in total. The van der Waals surface area contributed by atoms with Gasteiger partial charge in [0, 0.05) is 5.02 Å². The van der Waals surface area contributed by atoms with Crippen molar-refractivity contribution in [1.29, 1.82) is 0 Å². The van der Waals surface area contributed by atoms with Crippen LogP contribution in [0.1, 0.15) is 18.9 Å². The smallest absolute Gasteiger partial charge is 0.332 e. The molecule has 0 saturated carbocycles. The standard InChI is InChI=1S/C21H26ClN5O4/c1-2-30-19(28)13-31-18(20(29)25-21(26-23)27-24)11-8-14-6-9-15(10-7-14)16-4-3-5-17(22)12-16/h3-7,9-10,12,18H,2,8,11,13,23-24H2,1H3,(H2,25,26,27,29). The van der Waals surface area contributed by atoms with E-state index < -0.39 is 18.0 Å². The van der Waals surface area contributed by atoms with Gasteiger partial charge in [-0.25, -0.2) is 10.6 Å². The number of amides is 1. The van der Waals surface area contributed by atoms with Gasteiger partial charge < -0.3 is 15.3 Å². The average molecular weight is 448 g/mol. The van der Waals surface area contributed by atoms with Crippen LogP contribution in [0.4, 0.5) is 0 Å². The molecular weight excluding hydrogens is 422 g/mol. The number of carbonyl (C=O) groups is 2. The van der Waals surface area contributed by atoms with Crippen LogP contribution in [-0.2, 0) is 25.5 Å². The summed E-state index contributed by atoms with van der Waals surface area (Å²) in [6, 6.07) is 15.5. The van der Waals surface area contributed by atoms with Crippen LogP contribution >= 0.6 is 11.6 Å². The fraction of sp³-hybridized carbons (Fsp3) is 0.286. The highest BCUT2D eigenvalue weighted by Crippen LogP contribution is 2.23. The lowest BCUT2D eigenvalue weighted by atomic mass is 10.0. The zero-order chi connectivity index (χ0) is 22.6. The maximum Gasteiger partial charge on any atom is 0.332 e. The van der Waals surface area contributed by atoms with Crippen LogP contribution in [0.5, 0.6) is 0 Å². The fourth-order valence-electron chi connectivity index (χ4n) is 2.79. The summed E-state index contributed by atoms with van der Waals surface area (Å²) in [7, 11) is 0. The summed E-state index contributed by atoms with van der Waals surface area (Å²) in [6.45, 7) is 1.55. The van der Waals surface area contributed by atoms with Crippen molar-refractivity contribution in [3.8, 4) is 11.1 Å². The lowest BCUT2D eigenvalue weighted by molar-refractivity contribution is -0.152. The van der Waals surface area contributed by atoms with Crippen molar-refractivity contribution in [3.05, 3.63) is 59.1 Å². The van der Waals surface area contributed by atoms with Gasteiger partial charge >= 0.3 is 5.97 Å². The van der Waals surface area contributed by atoms with Gasteiger partial charge in [0.1, 0.15) is 12.7 Å². The molecule has 0 aliphatic heterocycles. The van der Waals surface area contributed by atoms with Gasteiger partial charge in [-0.15, -0.1) is 5.10 Å². The third-order valence-corrected chi connectivity index (χ3v) is 4.55. The molecular formula is C21H26ClN5O4. The van der Waals surface area contributed by atoms with Crippen molar-refractivity contribution in [2.45, 2.75) is 25.9 Å². The molecule has 1 unspecified atom stereocenters. The minimum atomic E-state index is -0.942. The van der Waals surface area contributed by atoms with Crippen LogP contribution < -0.4 is 22.4 Å². The van der Waals surface area contributed by atoms with Crippen molar-refractivity contribution in [2.75, 3.05) is 13.2 Å². The minimum Gasteiger partial charge on any atom is -0.464 e. The molecule has 31 heavy (non-hydrogen) atoms. The van der Waals surface area contributed by atoms with Crippen LogP contribution in [0.2, 0.25) is 5.02 Å². The van der Waals surface area contributed by atoms with Crippen molar-refractivity contribution in [1.82, 2.24) is 10.7 Å². The second-order valence-corrected chi connectivity index (χ2v) is 6.90. The normalized spacial score (nSPS) is 12.2. The maximum atomic E-state index is 12.5. The molecule has 0 aliphatic carbocycles. The fourth-order valence-corrected chi connectivity index (χ4v) is 2.98. The molecule has 0 heterocycles. The first-order valence-electron chi connectivity index (χ1n) is 9.64. The molecule has 0 fully saturated rings. The number of ether oxygens (including phenoxy) is 2. The van der Waals surface area contributed by atoms with E-state index in [4.69, 9.17) is 32.8 Å². The Morgan fingerprint density at radius 2 is 1.90 bits per heavy atom. The molecule has 166 valence electrons. The van der Waals surface area contributed by atoms with E-state index in [0.717, 1.165) is 16.7 Å². The third-order valence-electron chi connectivity index (χ3n) is 4.31. The topological polar surface area (TPSA) is 141 Å². The Morgan fingerprint density at radius 3 is 2.52 bits per heavy atom. The van der Waals surface area contributed by atoms with Crippen LogP contribution in [0.3, 0.4) is 0 Å². The number of nitrogens with one attached hydrogen (secondary N) is 2. The Morgan fingerprint density at radius 1 is 1.16 bits per heavy atom. The van der Waals surface area contributed by atoms with Gasteiger partial charge in [0.25, 0.3) is 5.91 Å². The number of hydrazone groups is 1. The molecule has 0 aromatic heterocycles. The van der Waals surface area contributed by atoms with E-state index in [9.17, 15) is 9.59 Å². The Balaban J connectivity index is 2.03. The zero-order valence-corrected chi connectivity index (χ0v) is 17.9. The SMILES string of the molecule is CCOC(=O)COC(CCc1ccc(-c2cccc(Cl)c2)cc1)C(=O)N/C(=N/N)NN. The second kappa shape index (κ2) is 12.5. The van der Waals surface area contributed by atoms with E-state index in [1.165, 1.54) is 0 Å². The van der Waals surface area contributed by atoms with Gasteiger partial charge in [-0.3, -0.25) is 15.5 Å². The lowest BCUT2D eigenvalue weighted by Gasteiger charge is -2.17. The Labute approximate surface area is 185 Å². The van der Waals surface area contributed by atoms with E-state index in [1.807, 2.05) is 48.5 Å².